The summed E-state index contributed by atoms with van der Waals surface area (Å²) in [6.07, 6.45) is 7.26. The fourth-order valence-electron chi connectivity index (χ4n) is 3.86. The van der Waals surface area contributed by atoms with Gasteiger partial charge in [0.05, 0.1) is 0 Å². The van der Waals surface area contributed by atoms with Crippen LogP contribution in [0.3, 0.4) is 0 Å². The topological polar surface area (TPSA) is 192 Å². The molecule has 0 aromatic carbocycles. The van der Waals surface area contributed by atoms with Crippen molar-refractivity contribution < 1.29 is 39.6 Å². The summed E-state index contributed by atoms with van der Waals surface area (Å²) < 4.78 is 0. The number of hydrogen-bond donors (Lipinski definition) is 6. The van der Waals surface area contributed by atoms with E-state index in [2.05, 4.69) is 22.9 Å². The van der Waals surface area contributed by atoms with E-state index in [0.29, 0.717) is 66.8 Å². The highest BCUT2D eigenvalue weighted by Gasteiger charge is 2.14. The first kappa shape index (κ1) is 39.2. The van der Waals surface area contributed by atoms with Gasteiger partial charge in [-0.2, -0.15) is 0 Å². The monoisotopic (exact) mass is 602 g/mol. The van der Waals surface area contributed by atoms with Gasteiger partial charge < -0.3 is 16.0 Å². The molecular formula is C28H54N6O8. The molecule has 5 amide bonds. The third-order valence-corrected chi connectivity index (χ3v) is 6.46. The second-order valence-corrected chi connectivity index (χ2v) is 10.3. The maximum atomic E-state index is 12.0. The van der Waals surface area contributed by atoms with E-state index in [4.69, 9.17) is 0 Å². The third-order valence-electron chi connectivity index (χ3n) is 6.46. The SMILES string of the molecule is CCCNCCCCCN(O)C(=O)CCC(=O)NCCCCCN(O)C(=O)CCC(=O)NCCCCCN(O)C(C)=O. The summed E-state index contributed by atoms with van der Waals surface area (Å²) in [5.41, 5.74) is 0. The average molecular weight is 603 g/mol. The minimum atomic E-state index is -0.544. The van der Waals surface area contributed by atoms with Crippen molar-refractivity contribution in [2.24, 2.45) is 0 Å². The van der Waals surface area contributed by atoms with E-state index >= 15 is 0 Å². The molecule has 0 fully saturated rings. The summed E-state index contributed by atoms with van der Waals surface area (Å²) in [6, 6.07) is 0. The number of amides is 5. The minimum Gasteiger partial charge on any atom is -0.356 e. The van der Waals surface area contributed by atoms with Crippen LogP contribution in [0, 0.1) is 0 Å². The molecule has 0 bridgehead atoms. The van der Waals surface area contributed by atoms with Crippen LogP contribution in [0.5, 0.6) is 0 Å². The predicted octanol–water partition coefficient (Wildman–Crippen LogP) is 1.96. The van der Waals surface area contributed by atoms with Crippen molar-refractivity contribution in [1.29, 1.82) is 0 Å². The molecule has 0 aliphatic rings. The summed E-state index contributed by atoms with van der Waals surface area (Å²) in [5.74, 6) is -2.01. The largest absolute Gasteiger partial charge is 0.356 e. The van der Waals surface area contributed by atoms with Gasteiger partial charge in [-0.15, -0.1) is 0 Å². The number of hydroxylamine groups is 6. The summed E-state index contributed by atoms with van der Waals surface area (Å²) in [4.78, 5) is 58.7. The predicted molar refractivity (Wildman–Crippen MR) is 155 cm³/mol. The number of unbranched alkanes of at least 4 members (excludes halogenated alkanes) is 6. The fourth-order valence-corrected chi connectivity index (χ4v) is 3.86. The van der Waals surface area contributed by atoms with Gasteiger partial charge >= 0.3 is 0 Å². The van der Waals surface area contributed by atoms with Crippen LogP contribution in [0.4, 0.5) is 0 Å². The first-order valence-electron chi connectivity index (χ1n) is 15.3. The van der Waals surface area contributed by atoms with Crippen LogP contribution >= 0.6 is 0 Å². The summed E-state index contributed by atoms with van der Waals surface area (Å²) in [6.45, 7) is 6.72. The maximum Gasteiger partial charge on any atom is 0.246 e. The second kappa shape index (κ2) is 25.9. The van der Waals surface area contributed by atoms with E-state index in [1.165, 1.54) is 6.92 Å². The van der Waals surface area contributed by atoms with Crippen molar-refractivity contribution in [3.63, 3.8) is 0 Å². The van der Waals surface area contributed by atoms with Crippen LogP contribution < -0.4 is 16.0 Å². The van der Waals surface area contributed by atoms with E-state index in [0.717, 1.165) is 38.8 Å². The molecule has 0 saturated heterocycles. The van der Waals surface area contributed by atoms with Crippen LogP contribution in [-0.4, -0.2) is 106 Å². The molecule has 0 unspecified atom stereocenters. The Morgan fingerprint density at radius 3 is 1.33 bits per heavy atom. The number of rotatable bonds is 26. The van der Waals surface area contributed by atoms with E-state index in [1.54, 1.807) is 0 Å². The minimum absolute atomic E-state index is 0.00704. The van der Waals surface area contributed by atoms with Gasteiger partial charge in [-0.05, 0) is 70.9 Å². The molecule has 6 N–H and O–H groups in total. The Morgan fingerprint density at radius 2 is 0.929 bits per heavy atom. The zero-order valence-corrected chi connectivity index (χ0v) is 25.6. The third kappa shape index (κ3) is 22.8. The van der Waals surface area contributed by atoms with Crippen molar-refractivity contribution in [3.05, 3.63) is 0 Å². The standard InChI is InChI=1S/C28H54N6O8/c1-3-17-29-18-7-4-11-22-33(41)27(38)15-13-26(37)31-20-9-6-12-23-34(42)28(39)16-14-25(36)30-19-8-5-10-21-32(40)24(2)35/h29,40-42H,3-23H2,1-2H3,(H,30,36)(H,31,37). The quantitative estimate of drug-likeness (QED) is 0.0488. The van der Waals surface area contributed by atoms with Crippen LogP contribution in [-0.2, 0) is 24.0 Å². The van der Waals surface area contributed by atoms with Crippen LogP contribution in [0.25, 0.3) is 0 Å². The number of carbonyl (C=O) groups is 5. The summed E-state index contributed by atoms with van der Waals surface area (Å²) in [7, 11) is 0. The van der Waals surface area contributed by atoms with Gasteiger partial charge in [0, 0.05) is 65.3 Å². The highest BCUT2D eigenvalue weighted by atomic mass is 16.5. The lowest BCUT2D eigenvalue weighted by Gasteiger charge is -2.15. The summed E-state index contributed by atoms with van der Waals surface area (Å²) >= 11 is 0. The van der Waals surface area contributed by atoms with E-state index in [1.807, 2.05) is 0 Å². The molecule has 0 atom stereocenters. The molecular weight excluding hydrogens is 548 g/mol. The van der Waals surface area contributed by atoms with E-state index in [9.17, 15) is 39.6 Å². The second-order valence-electron chi connectivity index (χ2n) is 10.3. The molecule has 244 valence electrons. The molecule has 14 heteroatoms. The summed E-state index contributed by atoms with van der Waals surface area (Å²) in [5, 5.41) is 39.6. The molecule has 0 aromatic heterocycles. The first-order valence-corrected chi connectivity index (χ1v) is 15.3. The van der Waals surface area contributed by atoms with Crippen molar-refractivity contribution >= 4 is 29.5 Å². The fraction of sp³-hybridized carbons (Fsp3) is 0.821. The molecule has 0 heterocycles. The maximum absolute atomic E-state index is 12.0. The Bertz CT molecular complexity index is 785. The highest BCUT2D eigenvalue weighted by Crippen LogP contribution is 2.03. The molecule has 0 aliphatic carbocycles. The van der Waals surface area contributed by atoms with Gasteiger partial charge in [0.15, 0.2) is 0 Å². The van der Waals surface area contributed by atoms with Crippen molar-refractivity contribution in [3.8, 4) is 0 Å². The van der Waals surface area contributed by atoms with Gasteiger partial charge in [-0.3, -0.25) is 39.6 Å². The molecule has 0 saturated carbocycles. The Balaban J connectivity index is 3.74. The molecule has 14 nitrogen and oxygen atoms in total. The van der Waals surface area contributed by atoms with E-state index < -0.39 is 17.7 Å². The van der Waals surface area contributed by atoms with Crippen molar-refractivity contribution in [2.75, 3.05) is 45.8 Å². The lowest BCUT2D eigenvalue weighted by atomic mass is 10.2. The lowest BCUT2D eigenvalue weighted by molar-refractivity contribution is -0.166. The van der Waals surface area contributed by atoms with Crippen LogP contribution in [0.1, 0.15) is 104 Å². The van der Waals surface area contributed by atoms with Gasteiger partial charge in [0.25, 0.3) is 0 Å². The zero-order chi connectivity index (χ0) is 31.6. The average Bonchev–Trinajstić information content (AvgIpc) is 2.96. The number of nitrogens with zero attached hydrogens (tertiary/aromatic N) is 3. The van der Waals surface area contributed by atoms with Gasteiger partial charge in [0.2, 0.25) is 29.5 Å². The normalized spacial score (nSPS) is 10.7. The number of hydrogen-bond acceptors (Lipinski definition) is 9. The molecule has 0 aliphatic heterocycles. The van der Waals surface area contributed by atoms with Gasteiger partial charge in [-0.25, -0.2) is 15.2 Å². The van der Waals surface area contributed by atoms with Crippen molar-refractivity contribution in [1.82, 2.24) is 31.1 Å². The van der Waals surface area contributed by atoms with Crippen LogP contribution in [0.15, 0.2) is 0 Å². The molecule has 0 aromatic rings. The Morgan fingerprint density at radius 1 is 0.524 bits per heavy atom. The Hall–Kier alpha value is -2.81. The highest BCUT2D eigenvalue weighted by molar-refractivity contribution is 5.83. The van der Waals surface area contributed by atoms with Gasteiger partial charge in [0.1, 0.15) is 0 Å². The first-order chi connectivity index (χ1) is 20.1. The van der Waals surface area contributed by atoms with Crippen molar-refractivity contribution in [2.45, 2.75) is 104 Å². The molecule has 0 spiro atoms. The lowest BCUT2D eigenvalue weighted by Crippen LogP contribution is -2.31. The van der Waals surface area contributed by atoms with Crippen LogP contribution in [0.2, 0.25) is 0 Å². The Labute approximate surface area is 250 Å². The van der Waals surface area contributed by atoms with E-state index in [-0.39, 0.29) is 57.1 Å². The smallest absolute Gasteiger partial charge is 0.246 e. The molecule has 0 radical (unpaired) electrons. The molecule has 42 heavy (non-hydrogen) atoms. The number of nitrogens with one attached hydrogen (secondary N) is 3. The number of carbonyl (C=O) groups excluding carboxylic acids is 5. The molecule has 0 rings (SSSR count). The van der Waals surface area contributed by atoms with Gasteiger partial charge in [-0.1, -0.05) is 13.3 Å². The zero-order valence-electron chi connectivity index (χ0n) is 25.6. The Kier molecular flexibility index (Phi) is 24.1.